The first-order valence-corrected chi connectivity index (χ1v) is 5.21. The lowest BCUT2D eigenvalue weighted by Crippen LogP contribution is -1.92. The van der Waals surface area contributed by atoms with E-state index in [4.69, 9.17) is 0 Å². The molecule has 0 unspecified atom stereocenters. The average Bonchev–Trinajstić information content (AvgIpc) is 2.61. The minimum atomic E-state index is 0.726. The van der Waals surface area contributed by atoms with Crippen LogP contribution in [0.15, 0.2) is 24.0 Å². The van der Waals surface area contributed by atoms with Crippen molar-refractivity contribution in [2.75, 3.05) is 5.75 Å². The zero-order chi connectivity index (χ0) is 9.97. The highest BCUT2D eigenvalue weighted by Crippen LogP contribution is 2.22. The molecule has 0 saturated carbocycles. The molecule has 0 spiro atoms. The van der Waals surface area contributed by atoms with Gasteiger partial charge in [0.15, 0.2) is 5.65 Å². The van der Waals surface area contributed by atoms with E-state index >= 15 is 0 Å². The van der Waals surface area contributed by atoms with E-state index in [2.05, 4.69) is 26.5 Å². The molecule has 0 atom stereocenters. The lowest BCUT2D eigenvalue weighted by molar-refractivity contribution is 1.00. The predicted molar refractivity (Wildman–Crippen MR) is 57.3 cm³/mol. The molecule has 2 rings (SSSR count). The number of aromatic nitrogens is 4. The van der Waals surface area contributed by atoms with Crippen molar-refractivity contribution in [1.29, 1.82) is 0 Å². The molecule has 0 saturated heterocycles. The normalized spacial score (nSPS) is 10.6. The van der Waals surface area contributed by atoms with Crippen molar-refractivity contribution in [2.24, 2.45) is 0 Å². The number of H-pyrrole nitrogens is 1. The van der Waals surface area contributed by atoms with Gasteiger partial charge in [-0.15, -0.1) is 6.58 Å². The topological polar surface area (TPSA) is 54.5 Å². The fraction of sp³-hybridized carbons (Fsp3) is 0.222. The van der Waals surface area contributed by atoms with Crippen molar-refractivity contribution in [3.63, 3.8) is 0 Å². The van der Waals surface area contributed by atoms with Crippen LogP contribution < -0.4 is 0 Å². The number of thioether (sulfide) groups is 1. The van der Waals surface area contributed by atoms with Crippen LogP contribution in [0.2, 0.25) is 0 Å². The summed E-state index contributed by atoms with van der Waals surface area (Å²) in [5.41, 5.74) is 1.63. The van der Waals surface area contributed by atoms with Crippen LogP contribution in [0.5, 0.6) is 0 Å². The highest BCUT2D eigenvalue weighted by Gasteiger charge is 2.07. The van der Waals surface area contributed by atoms with Crippen molar-refractivity contribution in [1.82, 2.24) is 19.9 Å². The van der Waals surface area contributed by atoms with Gasteiger partial charge in [0.25, 0.3) is 0 Å². The van der Waals surface area contributed by atoms with Gasteiger partial charge in [0.05, 0.1) is 6.33 Å². The third-order valence-electron chi connectivity index (χ3n) is 1.70. The van der Waals surface area contributed by atoms with Crippen LogP contribution in [0.4, 0.5) is 0 Å². The molecule has 0 amide bonds. The molecule has 0 aromatic carbocycles. The van der Waals surface area contributed by atoms with Crippen molar-refractivity contribution in [3.8, 4) is 0 Å². The van der Waals surface area contributed by atoms with E-state index in [1.807, 2.05) is 13.0 Å². The third kappa shape index (κ3) is 1.63. The Labute approximate surface area is 85.9 Å². The average molecular weight is 206 g/mol. The zero-order valence-electron chi connectivity index (χ0n) is 7.82. The zero-order valence-corrected chi connectivity index (χ0v) is 8.64. The number of rotatable bonds is 3. The van der Waals surface area contributed by atoms with E-state index in [1.54, 1.807) is 18.1 Å². The van der Waals surface area contributed by atoms with Crippen LogP contribution in [-0.2, 0) is 0 Å². The lowest BCUT2D eigenvalue weighted by Gasteiger charge is -1.99. The summed E-state index contributed by atoms with van der Waals surface area (Å²) in [6, 6.07) is 0. The first-order valence-electron chi connectivity index (χ1n) is 4.22. The van der Waals surface area contributed by atoms with Gasteiger partial charge in [-0.1, -0.05) is 17.8 Å². The Hall–Kier alpha value is -1.36. The molecular weight excluding hydrogens is 196 g/mol. The van der Waals surface area contributed by atoms with Crippen LogP contribution in [0, 0.1) is 6.92 Å². The van der Waals surface area contributed by atoms with Crippen molar-refractivity contribution in [3.05, 3.63) is 24.8 Å². The minimum Gasteiger partial charge on any atom is -0.341 e. The van der Waals surface area contributed by atoms with Gasteiger partial charge < -0.3 is 4.98 Å². The summed E-state index contributed by atoms with van der Waals surface area (Å²) in [5, 5.41) is 0.935. The summed E-state index contributed by atoms with van der Waals surface area (Å²) in [7, 11) is 0. The predicted octanol–water partition coefficient (Wildman–Crippen LogP) is 1.94. The lowest BCUT2D eigenvalue weighted by atomic mass is 10.5. The van der Waals surface area contributed by atoms with Crippen molar-refractivity contribution in [2.45, 2.75) is 11.9 Å². The molecule has 0 bridgehead atoms. The summed E-state index contributed by atoms with van der Waals surface area (Å²) < 4.78 is 0. The largest absolute Gasteiger partial charge is 0.341 e. The van der Waals surface area contributed by atoms with Crippen LogP contribution in [-0.4, -0.2) is 25.7 Å². The van der Waals surface area contributed by atoms with Gasteiger partial charge >= 0.3 is 0 Å². The first kappa shape index (κ1) is 9.21. The Morgan fingerprint density at radius 3 is 3.21 bits per heavy atom. The number of nitrogens with one attached hydrogen (secondary N) is 1. The number of imidazole rings is 1. The molecule has 0 aliphatic heterocycles. The monoisotopic (exact) mass is 206 g/mol. The Morgan fingerprint density at radius 1 is 1.57 bits per heavy atom. The molecule has 1 N–H and O–H groups in total. The smallest absolute Gasteiger partial charge is 0.181 e. The summed E-state index contributed by atoms with van der Waals surface area (Å²) in [4.78, 5) is 15.7. The van der Waals surface area contributed by atoms with Crippen LogP contribution >= 0.6 is 11.8 Å². The number of nitrogens with zero attached hydrogens (tertiary/aromatic N) is 3. The second-order valence-corrected chi connectivity index (χ2v) is 3.79. The molecule has 0 fully saturated rings. The van der Waals surface area contributed by atoms with Gasteiger partial charge in [-0.25, -0.2) is 15.0 Å². The molecule has 0 aliphatic carbocycles. The number of hydrogen-bond acceptors (Lipinski definition) is 4. The summed E-state index contributed by atoms with van der Waals surface area (Å²) in [6.07, 6.45) is 3.49. The fourth-order valence-electron chi connectivity index (χ4n) is 1.15. The van der Waals surface area contributed by atoms with E-state index in [0.717, 1.165) is 27.8 Å². The maximum Gasteiger partial charge on any atom is 0.181 e. The molecule has 2 heterocycles. The molecule has 2 aromatic rings. The second-order valence-electron chi connectivity index (χ2n) is 2.78. The number of aryl methyl sites for hydroxylation is 1. The van der Waals surface area contributed by atoms with Gasteiger partial charge in [-0.05, 0) is 6.92 Å². The second kappa shape index (κ2) is 3.79. The Kier molecular flexibility index (Phi) is 2.49. The van der Waals surface area contributed by atoms with Gasteiger partial charge in [0.1, 0.15) is 16.4 Å². The van der Waals surface area contributed by atoms with Gasteiger partial charge in [0, 0.05) is 5.75 Å². The number of aromatic amines is 1. The maximum atomic E-state index is 4.34. The number of hydrogen-bond donors (Lipinski definition) is 1. The maximum absolute atomic E-state index is 4.34. The fourth-order valence-corrected chi connectivity index (χ4v) is 1.92. The van der Waals surface area contributed by atoms with Gasteiger partial charge in [0.2, 0.25) is 0 Å². The number of fused-ring (bicyclic) bond motifs is 1. The molecule has 4 nitrogen and oxygen atoms in total. The molecule has 5 heteroatoms. The van der Waals surface area contributed by atoms with E-state index in [1.165, 1.54) is 0 Å². The van der Waals surface area contributed by atoms with Crippen molar-refractivity contribution < 1.29 is 0 Å². The highest BCUT2D eigenvalue weighted by molar-refractivity contribution is 7.99. The van der Waals surface area contributed by atoms with E-state index in [-0.39, 0.29) is 0 Å². The van der Waals surface area contributed by atoms with E-state index in [0.29, 0.717) is 0 Å². The van der Waals surface area contributed by atoms with E-state index in [9.17, 15) is 0 Å². The third-order valence-corrected chi connectivity index (χ3v) is 2.67. The quantitative estimate of drug-likeness (QED) is 0.473. The molecule has 2 aromatic heterocycles. The summed E-state index contributed by atoms with van der Waals surface area (Å²) in [5.74, 6) is 1.58. The molecule has 72 valence electrons. The van der Waals surface area contributed by atoms with Crippen LogP contribution in [0.25, 0.3) is 11.2 Å². The molecular formula is C9H10N4S. The van der Waals surface area contributed by atoms with E-state index < -0.39 is 0 Å². The Balaban J connectivity index is 2.49. The SMILES string of the molecule is C=CCSc1nc(C)nc2nc[nH]c12. The molecule has 14 heavy (non-hydrogen) atoms. The molecule has 0 radical (unpaired) electrons. The van der Waals surface area contributed by atoms with Gasteiger partial charge in [-0.3, -0.25) is 0 Å². The minimum absolute atomic E-state index is 0.726. The Bertz CT molecular complexity index is 463. The van der Waals surface area contributed by atoms with Crippen LogP contribution in [0.1, 0.15) is 5.82 Å². The standard InChI is InChI=1S/C9H10N4S/c1-3-4-14-9-7-8(11-5-10-7)12-6(2)13-9/h3,5H,1,4H2,2H3,(H,10,11,12,13). The summed E-state index contributed by atoms with van der Waals surface area (Å²) >= 11 is 1.63. The Morgan fingerprint density at radius 2 is 2.43 bits per heavy atom. The molecule has 0 aliphatic rings. The van der Waals surface area contributed by atoms with Crippen LogP contribution in [0.3, 0.4) is 0 Å². The van der Waals surface area contributed by atoms with Crippen molar-refractivity contribution >= 4 is 22.9 Å². The highest BCUT2D eigenvalue weighted by atomic mass is 32.2. The van der Waals surface area contributed by atoms with Gasteiger partial charge in [-0.2, -0.15) is 0 Å². The summed E-state index contributed by atoms with van der Waals surface area (Å²) in [6.45, 7) is 5.54. The first-order chi connectivity index (χ1) is 6.81.